The van der Waals surface area contributed by atoms with Gasteiger partial charge >= 0.3 is 0 Å². The van der Waals surface area contributed by atoms with E-state index in [0.717, 1.165) is 16.8 Å². The highest BCUT2D eigenvalue weighted by Crippen LogP contribution is 2.23. The van der Waals surface area contributed by atoms with Crippen molar-refractivity contribution in [3.8, 4) is 0 Å². The molecule has 0 aliphatic carbocycles. The first-order valence-corrected chi connectivity index (χ1v) is 13.5. The Hall–Kier alpha value is -3.83. The third-order valence-corrected chi connectivity index (χ3v) is 7.32. The van der Waals surface area contributed by atoms with E-state index in [1.54, 1.807) is 12.1 Å². The Labute approximate surface area is 232 Å². The summed E-state index contributed by atoms with van der Waals surface area (Å²) in [4.78, 5) is 27.0. The van der Waals surface area contributed by atoms with Crippen molar-refractivity contribution in [2.75, 3.05) is 28.6 Å². The van der Waals surface area contributed by atoms with Crippen LogP contribution in [0, 0.1) is 5.82 Å². The van der Waals surface area contributed by atoms with E-state index < -0.39 is 24.3 Å². The van der Waals surface area contributed by atoms with Gasteiger partial charge in [-0.3, -0.25) is 9.59 Å². The Morgan fingerprint density at radius 2 is 1.15 bits per heavy atom. The number of hydrogen-bond donors (Lipinski definition) is 6. The van der Waals surface area contributed by atoms with Gasteiger partial charge in [0.1, 0.15) is 17.9 Å². The molecular weight excluding hydrogens is 513 g/mol. The Balaban J connectivity index is 1.24. The number of nitrogens with one attached hydrogen (secondary N) is 4. The summed E-state index contributed by atoms with van der Waals surface area (Å²) in [5.74, 6) is -0.838. The van der Waals surface area contributed by atoms with E-state index in [4.69, 9.17) is 0 Å². The van der Waals surface area contributed by atoms with Crippen molar-refractivity contribution in [1.29, 1.82) is 0 Å². The van der Waals surface area contributed by atoms with Crippen molar-refractivity contribution in [2.24, 2.45) is 0 Å². The molecule has 0 spiro atoms. The molecule has 210 valence electrons. The molecule has 2 fully saturated rings. The molecule has 2 aliphatic rings. The second-order valence-electron chi connectivity index (χ2n) is 10.3. The summed E-state index contributed by atoms with van der Waals surface area (Å²) in [6, 6.07) is 20.1. The molecule has 0 bridgehead atoms. The van der Waals surface area contributed by atoms with Gasteiger partial charge in [0.25, 0.3) is 0 Å². The summed E-state index contributed by atoms with van der Waals surface area (Å²) in [6.07, 6.45) is -0.275. The minimum Gasteiger partial charge on any atom is -0.391 e. The van der Waals surface area contributed by atoms with Crippen LogP contribution in [0.3, 0.4) is 0 Å². The zero-order valence-electron chi connectivity index (χ0n) is 22.0. The summed E-state index contributed by atoms with van der Waals surface area (Å²) >= 11 is 0. The Bertz CT molecular complexity index is 1220. The molecule has 3 aromatic rings. The molecule has 10 heteroatoms. The van der Waals surface area contributed by atoms with Gasteiger partial charge < -0.3 is 36.4 Å². The van der Waals surface area contributed by atoms with E-state index in [9.17, 15) is 24.2 Å². The summed E-state index contributed by atoms with van der Waals surface area (Å²) < 4.78 is 13.6. The number of benzene rings is 3. The Morgan fingerprint density at radius 3 is 1.52 bits per heavy atom. The number of carbonyl (C=O) groups is 2. The monoisotopic (exact) mass is 547 g/mol. The maximum absolute atomic E-state index is 13.6. The first kappa shape index (κ1) is 27.7. The number of aliphatic hydroxyl groups is 2. The Morgan fingerprint density at radius 1 is 0.725 bits per heavy atom. The highest BCUT2D eigenvalue weighted by atomic mass is 19.1. The number of aliphatic hydroxyl groups excluding tert-OH is 2. The highest BCUT2D eigenvalue weighted by Gasteiger charge is 2.32. The van der Waals surface area contributed by atoms with Gasteiger partial charge in [-0.2, -0.15) is 0 Å². The summed E-state index contributed by atoms with van der Waals surface area (Å²) in [5, 5.41) is 31.6. The molecule has 0 unspecified atom stereocenters. The smallest absolute Gasteiger partial charge is 0.244 e. The minimum atomic E-state index is -0.689. The molecule has 9 nitrogen and oxygen atoms in total. The molecule has 2 saturated heterocycles. The zero-order valence-corrected chi connectivity index (χ0v) is 22.0. The first-order chi connectivity index (χ1) is 19.4. The fourth-order valence-corrected chi connectivity index (χ4v) is 5.07. The molecule has 40 heavy (non-hydrogen) atoms. The lowest BCUT2D eigenvalue weighted by molar-refractivity contribution is -0.120. The molecule has 5 rings (SSSR count). The normalized spacial score (nSPS) is 22.2. The van der Waals surface area contributed by atoms with Crippen molar-refractivity contribution in [3.05, 3.63) is 89.7 Å². The van der Waals surface area contributed by atoms with E-state index in [0.29, 0.717) is 50.4 Å². The molecule has 2 aliphatic heterocycles. The lowest BCUT2D eigenvalue weighted by Gasteiger charge is -2.26. The molecular formula is C30H34FN5O4. The van der Waals surface area contributed by atoms with Crippen molar-refractivity contribution in [2.45, 2.75) is 50.2 Å². The maximum Gasteiger partial charge on any atom is 0.244 e. The van der Waals surface area contributed by atoms with Crippen molar-refractivity contribution in [3.63, 3.8) is 0 Å². The van der Waals surface area contributed by atoms with Gasteiger partial charge in [-0.1, -0.05) is 24.3 Å². The predicted octanol–water partition coefficient (Wildman–Crippen LogP) is 2.36. The lowest BCUT2D eigenvalue weighted by Crippen LogP contribution is -2.42. The molecule has 0 saturated carbocycles. The zero-order chi connectivity index (χ0) is 28.1. The lowest BCUT2D eigenvalue weighted by atomic mass is 10.1. The van der Waals surface area contributed by atoms with Gasteiger partial charge in [0.2, 0.25) is 11.8 Å². The quantitative estimate of drug-likeness (QED) is 0.243. The molecule has 0 aromatic heterocycles. The van der Waals surface area contributed by atoms with Crippen LogP contribution >= 0.6 is 0 Å². The number of hydrogen-bond acceptors (Lipinski definition) is 7. The van der Waals surface area contributed by atoms with E-state index in [-0.39, 0.29) is 17.6 Å². The van der Waals surface area contributed by atoms with Crippen LogP contribution in [-0.2, 0) is 22.7 Å². The number of nitrogens with zero attached hydrogens (tertiary/aromatic N) is 1. The first-order valence-electron chi connectivity index (χ1n) is 13.5. The second-order valence-corrected chi connectivity index (χ2v) is 10.3. The SMILES string of the molecule is O=C(Nc1ccc(CN(Cc2ccc(NC(=O)[C@H]3NCC[C@@H]3O)cc2)c2ccc(F)cc2)cc1)[C@H]1NCC[C@@H]1O. The fourth-order valence-electron chi connectivity index (χ4n) is 5.07. The molecule has 0 radical (unpaired) electrons. The van der Waals surface area contributed by atoms with Gasteiger partial charge in [0.05, 0.1) is 12.2 Å². The van der Waals surface area contributed by atoms with Gasteiger partial charge in [0, 0.05) is 30.2 Å². The van der Waals surface area contributed by atoms with Crippen LogP contribution in [0.25, 0.3) is 0 Å². The molecule has 2 amide bonds. The van der Waals surface area contributed by atoms with Gasteiger partial charge in [-0.25, -0.2) is 4.39 Å². The third kappa shape index (κ3) is 6.83. The number of rotatable bonds is 9. The highest BCUT2D eigenvalue weighted by molar-refractivity contribution is 5.96. The maximum atomic E-state index is 13.6. The standard InChI is InChI=1S/C30H34FN5O4/c31-21-5-11-24(12-6-21)36(17-19-1-7-22(8-2-19)34-29(39)27-25(37)13-15-32-27)18-20-3-9-23(10-4-20)35-30(40)28-26(38)14-16-33-28/h1-12,25-28,32-33,37-38H,13-18H2,(H,34,39)(H,35,40)/t25-,26-,27-,28-/m0/s1. The minimum absolute atomic E-state index is 0.263. The predicted molar refractivity (Wildman–Crippen MR) is 151 cm³/mol. The van der Waals surface area contributed by atoms with Crippen LogP contribution in [0.15, 0.2) is 72.8 Å². The number of anilines is 3. The van der Waals surface area contributed by atoms with E-state index in [2.05, 4.69) is 26.2 Å². The van der Waals surface area contributed by atoms with Crippen LogP contribution in [-0.4, -0.2) is 59.4 Å². The van der Waals surface area contributed by atoms with Crippen LogP contribution < -0.4 is 26.2 Å². The number of amides is 2. The largest absolute Gasteiger partial charge is 0.391 e. The summed E-state index contributed by atoms with van der Waals surface area (Å²) in [5.41, 5.74) is 4.11. The summed E-state index contributed by atoms with van der Waals surface area (Å²) in [7, 11) is 0. The topological polar surface area (TPSA) is 126 Å². The molecule has 2 heterocycles. The van der Waals surface area contributed by atoms with Crippen molar-refractivity contribution < 1.29 is 24.2 Å². The van der Waals surface area contributed by atoms with Crippen LogP contribution in [0.2, 0.25) is 0 Å². The fraction of sp³-hybridized carbons (Fsp3) is 0.333. The molecule has 4 atom stereocenters. The average molecular weight is 548 g/mol. The number of carbonyl (C=O) groups excluding carboxylic acids is 2. The van der Waals surface area contributed by atoms with Crippen molar-refractivity contribution in [1.82, 2.24) is 10.6 Å². The average Bonchev–Trinajstić information content (AvgIpc) is 3.58. The van der Waals surface area contributed by atoms with Gasteiger partial charge in [-0.15, -0.1) is 0 Å². The Kier molecular flexibility index (Phi) is 8.71. The van der Waals surface area contributed by atoms with Gasteiger partial charge in [-0.05, 0) is 85.6 Å². The van der Waals surface area contributed by atoms with Crippen molar-refractivity contribution >= 4 is 28.9 Å². The summed E-state index contributed by atoms with van der Waals surface area (Å²) in [6.45, 7) is 2.28. The van der Waals surface area contributed by atoms with Crippen LogP contribution in [0.4, 0.5) is 21.5 Å². The van der Waals surface area contributed by atoms with E-state index >= 15 is 0 Å². The number of halogens is 1. The second kappa shape index (κ2) is 12.6. The van der Waals surface area contributed by atoms with E-state index in [1.165, 1.54) is 12.1 Å². The van der Waals surface area contributed by atoms with Crippen LogP contribution in [0.1, 0.15) is 24.0 Å². The third-order valence-electron chi connectivity index (χ3n) is 7.32. The van der Waals surface area contributed by atoms with Gasteiger partial charge in [0.15, 0.2) is 0 Å². The molecule has 3 aromatic carbocycles. The van der Waals surface area contributed by atoms with E-state index in [1.807, 2.05) is 48.5 Å². The van der Waals surface area contributed by atoms with Crippen LogP contribution in [0.5, 0.6) is 0 Å². The molecule has 6 N–H and O–H groups in total.